The second kappa shape index (κ2) is 6.20. The van der Waals surface area contributed by atoms with Crippen LogP contribution in [0.2, 0.25) is 0 Å². The number of amides is 1. The Hall–Kier alpha value is -0.830. The second-order valence-corrected chi connectivity index (χ2v) is 5.99. The first-order chi connectivity index (χ1) is 8.25. The van der Waals surface area contributed by atoms with Gasteiger partial charge in [-0.05, 0) is 36.3 Å². The molecular formula is C14H21NOS. The Labute approximate surface area is 107 Å². The number of aryl methyl sites for hydroxylation is 1. The van der Waals surface area contributed by atoms with Crippen LogP contribution in [0.3, 0.4) is 0 Å². The second-order valence-electron chi connectivity index (χ2n) is 4.99. The van der Waals surface area contributed by atoms with E-state index in [1.54, 1.807) is 11.3 Å². The molecule has 0 bridgehead atoms. The fourth-order valence-electron chi connectivity index (χ4n) is 2.49. The predicted octanol–water partition coefficient (Wildman–Crippen LogP) is 3.64. The molecule has 0 radical (unpaired) electrons. The summed E-state index contributed by atoms with van der Waals surface area (Å²) in [6.07, 6.45) is 7.17. The Kier molecular flexibility index (Phi) is 4.60. The molecule has 1 amide bonds. The minimum Gasteiger partial charge on any atom is -0.351 e. The predicted molar refractivity (Wildman–Crippen MR) is 72.1 cm³/mol. The summed E-state index contributed by atoms with van der Waals surface area (Å²) in [6, 6.07) is 2.10. The molecule has 3 heteroatoms. The van der Waals surface area contributed by atoms with Crippen molar-refractivity contribution in [3.63, 3.8) is 0 Å². The van der Waals surface area contributed by atoms with Gasteiger partial charge in [0.25, 0.3) is 0 Å². The van der Waals surface area contributed by atoms with Gasteiger partial charge in [0.2, 0.25) is 5.91 Å². The summed E-state index contributed by atoms with van der Waals surface area (Å²) in [5, 5.41) is 5.10. The average Bonchev–Trinajstić information content (AvgIpc) is 2.95. The highest BCUT2D eigenvalue weighted by Gasteiger charge is 2.16. The van der Waals surface area contributed by atoms with Gasteiger partial charge in [0, 0.05) is 11.3 Å². The SMILES string of the molecule is Cc1ccsc1CNC(=O)CCC1CCCC1. The van der Waals surface area contributed by atoms with Crippen LogP contribution in [-0.2, 0) is 11.3 Å². The molecule has 1 aliphatic carbocycles. The van der Waals surface area contributed by atoms with Crippen LogP contribution in [0.25, 0.3) is 0 Å². The number of carbonyl (C=O) groups is 1. The largest absolute Gasteiger partial charge is 0.351 e. The third kappa shape index (κ3) is 3.84. The quantitative estimate of drug-likeness (QED) is 0.850. The Bertz CT molecular complexity index is 366. The fraction of sp³-hybridized carbons (Fsp3) is 0.643. The van der Waals surface area contributed by atoms with Crippen molar-refractivity contribution in [3.05, 3.63) is 21.9 Å². The highest BCUT2D eigenvalue weighted by atomic mass is 32.1. The smallest absolute Gasteiger partial charge is 0.220 e. The molecule has 94 valence electrons. The molecule has 1 heterocycles. The van der Waals surface area contributed by atoms with E-state index in [1.807, 2.05) is 0 Å². The molecule has 0 unspecified atom stereocenters. The zero-order chi connectivity index (χ0) is 12.1. The van der Waals surface area contributed by atoms with Gasteiger partial charge < -0.3 is 5.32 Å². The van der Waals surface area contributed by atoms with Gasteiger partial charge in [-0.15, -0.1) is 11.3 Å². The van der Waals surface area contributed by atoms with Crippen molar-refractivity contribution in [2.75, 3.05) is 0 Å². The van der Waals surface area contributed by atoms with Crippen LogP contribution >= 0.6 is 11.3 Å². The lowest BCUT2D eigenvalue weighted by Gasteiger charge is -2.08. The minimum absolute atomic E-state index is 0.213. The topological polar surface area (TPSA) is 29.1 Å². The lowest BCUT2D eigenvalue weighted by Crippen LogP contribution is -2.22. The molecule has 1 N–H and O–H groups in total. The van der Waals surface area contributed by atoms with Crippen molar-refractivity contribution < 1.29 is 4.79 Å². The van der Waals surface area contributed by atoms with Gasteiger partial charge in [-0.1, -0.05) is 25.7 Å². The number of rotatable bonds is 5. The molecule has 0 aliphatic heterocycles. The summed E-state index contributed by atoms with van der Waals surface area (Å²) in [6.45, 7) is 2.80. The van der Waals surface area contributed by atoms with Gasteiger partial charge in [0.15, 0.2) is 0 Å². The van der Waals surface area contributed by atoms with E-state index in [9.17, 15) is 4.79 Å². The van der Waals surface area contributed by atoms with E-state index in [-0.39, 0.29) is 5.91 Å². The lowest BCUT2D eigenvalue weighted by molar-refractivity contribution is -0.121. The molecule has 0 saturated heterocycles. The van der Waals surface area contributed by atoms with E-state index in [1.165, 1.54) is 36.1 Å². The minimum atomic E-state index is 0.213. The van der Waals surface area contributed by atoms with E-state index in [4.69, 9.17) is 0 Å². The van der Waals surface area contributed by atoms with Crippen LogP contribution in [0, 0.1) is 12.8 Å². The standard InChI is InChI=1S/C14H21NOS/c1-11-8-9-17-13(11)10-15-14(16)7-6-12-4-2-3-5-12/h8-9,12H,2-7,10H2,1H3,(H,15,16). The first-order valence-corrected chi connectivity index (χ1v) is 7.43. The van der Waals surface area contributed by atoms with Gasteiger partial charge in [0.05, 0.1) is 6.54 Å². The number of nitrogens with one attached hydrogen (secondary N) is 1. The Morgan fingerprint density at radius 1 is 1.47 bits per heavy atom. The normalized spacial score (nSPS) is 16.3. The van der Waals surface area contributed by atoms with Crippen molar-refractivity contribution in [2.24, 2.45) is 5.92 Å². The zero-order valence-corrected chi connectivity index (χ0v) is 11.3. The van der Waals surface area contributed by atoms with Crippen LogP contribution in [0.15, 0.2) is 11.4 Å². The van der Waals surface area contributed by atoms with Crippen molar-refractivity contribution >= 4 is 17.2 Å². The molecule has 0 atom stereocenters. The maximum atomic E-state index is 11.7. The Balaban J connectivity index is 1.65. The highest BCUT2D eigenvalue weighted by Crippen LogP contribution is 2.28. The molecular weight excluding hydrogens is 230 g/mol. The molecule has 1 fully saturated rings. The van der Waals surface area contributed by atoms with Crippen molar-refractivity contribution in [3.8, 4) is 0 Å². The van der Waals surface area contributed by atoms with E-state index in [2.05, 4.69) is 23.7 Å². The molecule has 17 heavy (non-hydrogen) atoms. The molecule has 1 aliphatic rings. The number of carbonyl (C=O) groups excluding carboxylic acids is 1. The van der Waals surface area contributed by atoms with Crippen LogP contribution in [0.1, 0.15) is 49.0 Å². The number of hydrogen-bond acceptors (Lipinski definition) is 2. The van der Waals surface area contributed by atoms with Gasteiger partial charge >= 0.3 is 0 Å². The fourth-order valence-corrected chi connectivity index (χ4v) is 3.33. The molecule has 2 nitrogen and oxygen atoms in total. The van der Waals surface area contributed by atoms with Crippen molar-refractivity contribution in [1.82, 2.24) is 5.32 Å². The van der Waals surface area contributed by atoms with Crippen LogP contribution in [0.4, 0.5) is 0 Å². The van der Waals surface area contributed by atoms with Gasteiger partial charge in [-0.25, -0.2) is 0 Å². The van der Waals surface area contributed by atoms with E-state index >= 15 is 0 Å². The summed E-state index contributed by atoms with van der Waals surface area (Å²) in [5.41, 5.74) is 1.28. The van der Waals surface area contributed by atoms with Gasteiger partial charge in [-0.2, -0.15) is 0 Å². The van der Waals surface area contributed by atoms with Crippen LogP contribution in [0.5, 0.6) is 0 Å². The average molecular weight is 251 g/mol. The maximum absolute atomic E-state index is 11.7. The van der Waals surface area contributed by atoms with Crippen LogP contribution < -0.4 is 5.32 Å². The monoisotopic (exact) mass is 251 g/mol. The Morgan fingerprint density at radius 2 is 2.24 bits per heavy atom. The van der Waals surface area contributed by atoms with Gasteiger partial charge in [0.1, 0.15) is 0 Å². The lowest BCUT2D eigenvalue weighted by atomic mass is 10.0. The molecule has 2 rings (SSSR count). The van der Waals surface area contributed by atoms with Gasteiger partial charge in [-0.3, -0.25) is 4.79 Å². The summed E-state index contributed by atoms with van der Waals surface area (Å²) in [5.74, 6) is 1.02. The number of thiophene rings is 1. The van der Waals surface area contributed by atoms with E-state index < -0.39 is 0 Å². The van der Waals surface area contributed by atoms with E-state index in [0.29, 0.717) is 13.0 Å². The summed E-state index contributed by atoms with van der Waals surface area (Å²) in [7, 11) is 0. The first-order valence-electron chi connectivity index (χ1n) is 6.55. The molecule has 1 aromatic rings. The third-order valence-electron chi connectivity index (χ3n) is 3.67. The zero-order valence-electron chi connectivity index (χ0n) is 10.5. The van der Waals surface area contributed by atoms with Crippen molar-refractivity contribution in [1.29, 1.82) is 0 Å². The van der Waals surface area contributed by atoms with E-state index in [0.717, 1.165) is 12.3 Å². The van der Waals surface area contributed by atoms with Crippen molar-refractivity contribution in [2.45, 2.75) is 52.0 Å². The Morgan fingerprint density at radius 3 is 2.88 bits per heavy atom. The third-order valence-corrected chi connectivity index (χ3v) is 4.69. The molecule has 1 aromatic heterocycles. The first kappa shape index (κ1) is 12.6. The molecule has 0 aromatic carbocycles. The summed E-state index contributed by atoms with van der Waals surface area (Å²) < 4.78 is 0. The molecule has 1 saturated carbocycles. The summed E-state index contributed by atoms with van der Waals surface area (Å²) >= 11 is 1.72. The highest BCUT2D eigenvalue weighted by molar-refractivity contribution is 7.10. The number of hydrogen-bond donors (Lipinski definition) is 1. The molecule has 0 spiro atoms. The summed E-state index contributed by atoms with van der Waals surface area (Å²) in [4.78, 5) is 13.0. The maximum Gasteiger partial charge on any atom is 0.220 e. The van der Waals surface area contributed by atoms with Crippen LogP contribution in [-0.4, -0.2) is 5.91 Å².